The summed E-state index contributed by atoms with van der Waals surface area (Å²) in [5.41, 5.74) is 4.75. The molecule has 5 rings (SSSR count). The summed E-state index contributed by atoms with van der Waals surface area (Å²) < 4.78 is 0. The van der Waals surface area contributed by atoms with E-state index in [1.54, 1.807) is 12.4 Å². The summed E-state index contributed by atoms with van der Waals surface area (Å²) in [4.78, 5) is 20.8. The van der Waals surface area contributed by atoms with E-state index in [0.717, 1.165) is 21.9 Å². The minimum Gasteiger partial charge on any atom is -0.348 e. The van der Waals surface area contributed by atoms with Gasteiger partial charge in [0.1, 0.15) is 18.0 Å². The molecule has 7 nitrogen and oxygen atoms in total. The fourth-order valence-corrected chi connectivity index (χ4v) is 3.54. The second-order valence-corrected chi connectivity index (χ2v) is 7.00. The molecule has 30 heavy (non-hydrogen) atoms. The highest BCUT2D eigenvalue weighted by Gasteiger charge is 2.14. The molecule has 0 fully saturated rings. The van der Waals surface area contributed by atoms with Crippen molar-refractivity contribution in [2.24, 2.45) is 0 Å². The molecule has 0 aliphatic rings. The number of benzene rings is 2. The van der Waals surface area contributed by atoms with E-state index in [9.17, 15) is 5.26 Å². The second kappa shape index (κ2) is 7.26. The van der Waals surface area contributed by atoms with E-state index in [1.165, 1.54) is 11.9 Å². The number of hydrogen-bond acceptors (Lipinski definition) is 6. The molecule has 0 amide bonds. The Balaban J connectivity index is 1.50. The maximum Gasteiger partial charge on any atom is 0.223 e. The third-order valence-electron chi connectivity index (χ3n) is 5.09. The number of fused-ring (bicyclic) bond motifs is 2. The highest BCUT2D eigenvalue weighted by Crippen LogP contribution is 2.30. The predicted molar refractivity (Wildman–Crippen MR) is 116 cm³/mol. The van der Waals surface area contributed by atoms with Gasteiger partial charge in [0.15, 0.2) is 0 Å². The first kappa shape index (κ1) is 17.8. The maximum atomic E-state index is 9.40. The molecule has 0 saturated carbocycles. The van der Waals surface area contributed by atoms with Crippen LogP contribution >= 0.6 is 0 Å². The molecule has 1 atom stereocenters. The lowest BCUT2D eigenvalue weighted by Crippen LogP contribution is -2.09. The van der Waals surface area contributed by atoms with Crippen molar-refractivity contribution in [3.05, 3.63) is 78.4 Å². The number of rotatable bonds is 4. The van der Waals surface area contributed by atoms with Gasteiger partial charge in [0.2, 0.25) is 5.95 Å². The zero-order valence-electron chi connectivity index (χ0n) is 16.2. The monoisotopic (exact) mass is 391 g/mol. The van der Waals surface area contributed by atoms with Crippen molar-refractivity contribution in [1.29, 1.82) is 5.26 Å². The van der Waals surface area contributed by atoms with Crippen molar-refractivity contribution in [1.82, 2.24) is 24.9 Å². The number of nitriles is 1. The van der Waals surface area contributed by atoms with E-state index in [4.69, 9.17) is 0 Å². The minimum absolute atomic E-state index is 0.0928. The molecule has 3 aromatic heterocycles. The predicted octanol–water partition coefficient (Wildman–Crippen LogP) is 4.61. The van der Waals surface area contributed by atoms with E-state index in [-0.39, 0.29) is 6.04 Å². The second-order valence-electron chi connectivity index (χ2n) is 7.00. The Labute approximate surface area is 172 Å². The lowest BCUT2D eigenvalue weighted by Gasteiger charge is -2.14. The number of aromatic amines is 1. The molecule has 0 radical (unpaired) electrons. The summed E-state index contributed by atoms with van der Waals surface area (Å²) >= 11 is 0. The van der Waals surface area contributed by atoms with Crippen LogP contribution in [0.2, 0.25) is 0 Å². The Hall–Kier alpha value is -4.31. The number of aromatic nitrogens is 5. The van der Waals surface area contributed by atoms with Crippen LogP contribution in [-0.2, 0) is 0 Å². The molecule has 7 heteroatoms. The molecule has 3 heterocycles. The number of nitrogens with one attached hydrogen (secondary N) is 2. The van der Waals surface area contributed by atoms with Gasteiger partial charge in [-0.1, -0.05) is 36.4 Å². The minimum atomic E-state index is 0.0928. The van der Waals surface area contributed by atoms with Crippen LogP contribution in [0.1, 0.15) is 24.1 Å². The van der Waals surface area contributed by atoms with Crippen LogP contribution < -0.4 is 5.32 Å². The molecule has 144 valence electrons. The summed E-state index contributed by atoms with van der Waals surface area (Å²) in [5.74, 6) is 0.577. The molecular weight excluding hydrogens is 374 g/mol. The quantitative estimate of drug-likeness (QED) is 0.464. The molecule has 5 aromatic rings. The molecule has 0 saturated heterocycles. The van der Waals surface area contributed by atoms with Crippen LogP contribution in [0.25, 0.3) is 33.2 Å². The standard InChI is InChI=1S/C23H17N7/c1-14(15-5-3-2-4-6-15)29-23-26-11-17-9-16(7-8-19(17)30-23)21-20-18(10-24)12-25-22(20)28-13-27-21/h2-9,11-14H,1H3,(H,25,27,28)(H,26,29,30). The topological polar surface area (TPSA) is 103 Å². The van der Waals surface area contributed by atoms with Crippen LogP contribution in [0.15, 0.2) is 67.3 Å². The number of H-pyrrole nitrogens is 1. The normalized spacial score (nSPS) is 12.0. The Morgan fingerprint density at radius 3 is 2.77 bits per heavy atom. The van der Waals surface area contributed by atoms with Gasteiger partial charge in [-0.3, -0.25) is 0 Å². The summed E-state index contributed by atoms with van der Waals surface area (Å²) in [6.07, 6.45) is 4.94. The average Bonchev–Trinajstić information content (AvgIpc) is 3.23. The van der Waals surface area contributed by atoms with Gasteiger partial charge in [-0.15, -0.1) is 0 Å². The third kappa shape index (κ3) is 3.10. The maximum absolute atomic E-state index is 9.40. The average molecular weight is 391 g/mol. The molecule has 0 spiro atoms. The largest absolute Gasteiger partial charge is 0.348 e. The highest BCUT2D eigenvalue weighted by atomic mass is 15.1. The molecule has 2 aromatic carbocycles. The van der Waals surface area contributed by atoms with Gasteiger partial charge < -0.3 is 10.3 Å². The van der Waals surface area contributed by atoms with Gasteiger partial charge in [0, 0.05) is 23.3 Å². The van der Waals surface area contributed by atoms with Crippen LogP contribution in [0.4, 0.5) is 5.95 Å². The van der Waals surface area contributed by atoms with Crippen molar-refractivity contribution in [2.75, 3.05) is 5.32 Å². The van der Waals surface area contributed by atoms with Gasteiger partial charge in [-0.05, 0) is 24.6 Å². The van der Waals surface area contributed by atoms with Gasteiger partial charge in [-0.2, -0.15) is 5.26 Å². The van der Waals surface area contributed by atoms with Gasteiger partial charge in [0.25, 0.3) is 0 Å². The van der Waals surface area contributed by atoms with Crippen LogP contribution in [-0.4, -0.2) is 24.9 Å². The third-order valence-corrected chi connectivity index (χ3v) is 5.09. The Morgan fingerprint density at radius 1 is 1.07 bits per heavy atom. The first-order valence-corrected chi connectivity index (χ1v) is 9.54. The molecule has 1 unspecified atom stereocenters. The SMILES string of the molecule is CC(Nc1ncc2cc(-c3ncnc4[nH]cc(C#N)c34)ccc2n1)c1ccccc1. The van der Waals surface area contributed by atoms with Crippen molar-refractivity contribution in [3.63, 3.8) is 0 Å². The van der Waals surface area contributed by atoms with Crippen LogP contribution in [0.5, 0.6) is 0 Å². The van der Waals surface area contributed by atoms with Crippen molar-refractivity contribution >= 4 is 27.9 Å². The molecule has 0 aliphatic heterocycles. The van der Waals surface area contributed by atoms with Crippen molar-refractivity contribution in [3.8, 4) is 17.3 Å². The number of hydrogen-bond donors (Lipinski definition) is 2. The Bertz CT molecular complexity index is 1400. The molecule has 0 aliphatic carbocycles. The summed E-state index contributed by atoms with van der Waals surface area (Å²) in [6, 6.07) is 18.3. The first-order valence-electron chi connectivity index (χ1n) is 9.54. The fourth-order valence-electron chi connectivity index (χ4n) is 3.54. The van der Waals surface area contributed by atoms with Gasteiger partial charge in [-0.25, -0.2) is 19.9 Å². The van der Waals surface area contributed by atoms with E-state index in [0.29, 0.717) is 22.9 Å². The zero-order valence-corrected chi connectivity index (χ0v) is 16.2. The van der Waals surface area contributed by atoms with Crippen LogP contribution in [0.3, 0.4) is 0 Å². The smallest absolute Gasteiger partial charge is 0.223 e. The molecule has 0 bridgehead atoms. The lowest BCUT2D eigenvalue weighted by atomic mass is 10.0. The van der Waals surface area contributed by atoms with Crippen molar-refractivity contribution < 1.29 is 0 Å². The van der Waals surface area contributed by atoms with E-state index in [2.05, 4.69) is 55.4 Å². The van der Waals surface area contributed by atoms with Gasteiger partial charge >= 0.3 is 0 Å². The molecular formula is C23H17N7. The van der Waals surface area contributed by atoms with Crippen molar-refractivity contribution in [2.45, 2.75) is 13.0 Å². The zero-order chi connectivity index (χ0) is 20.5. The van der Waals surface area contributed by atoms with E-state index < -0.39 is 0 Å². The van der Waals surface area contributed by atoms with E-state index >= 15 is 0 Å². The van der Waals surface area contributed by atoms with E-state index in [1.807, 2.05) is 36.4 Å². The number of anilines is 1. The summed E-state index contributed by atoms with van der Waals surface area (Å²) in [5, 5.41) is 14.4. The molecule has 2 N–H and O–H groups in total. The fraction of sp³-hybridized carbons (Fsp3) is 0.0870. The van der Waals surface area contributed by atoms with Gasteiger partial charge in [0.05, 0.1) is 28.2 Å². The van der Waals surface area contributed by atoms with Crippen LogP contribution in [0, 0.1) is 11.3 Å². The summed E-state index contributed by atoms with van der Waals surface area (Å²) in [7, 11) is 0. The Morgan fingerprint density at radius 2 is 1.93 bits per heavy atom. The Kier molecular flexibility index (Phi) is 4.30. The first-order chi connectivity index (χ1) is 14.7. The number of nitrogens with zero attached hydrogens (tertiary/aromatic N) is 5. The lowest BCUT2D eigenvalue weighted by molar-refractivity contribution is 0.864. The summed E-state index contributed by atoms with van der Waals surface area (Å²) in [6.45, 7) is 2.08. The highest BCUT2D eigenvalue weighted by molar-refractivity contribution is 5.97.